The molecule has 1 aromatic carbocycles. The number of hydrogen-bond acceptors (Lipinski definition) is 1. The van der Waals surface area contributed by atoms with Crippen molar-refractivity contribution >= 4 is 0 Å². The molecule has 1 aliphatic rings. The molecule has 0 heterocycles. The molecule has 70 valence electrons. The van der Waals surface area contributed by atoms with Crippen LogP contribution in [0.15, 0.2) is 24.3 Å². The highest BCUT2D eigenvalue weighted by atomic mass is 14.7. The fraction of sp³-hybridized carbons (Fsp3) is 0.500. The van der Waals surface area contributed by atoms with E-state index in [0.717, 1.165) is 11.8 Å². The van der Waals surface area contributed by atoms with Gasteiger partial charge in [0, 0.05) is 6.04 Å². The van der Waals surface area contributed by atoms with Gasteiger partial charge in [0.2, 0.25) is 0 Å². The Morgan fingerprint density at radius 3 is 2.77 bits per heavy atom. The van der Waals surface area contributed by atoms with Crippen LogP contribution < -0.4 is 5.73 Å². The highest BCUT2D eigenvalue weighted by molar-refractivity contribution is 5.30. The minimum Gasteiger partial charge on any atom is -0.328 e. The molecule has 1 heteroatoms. The smallest absolute Gasteiger partial charge is 0.00448 e. The lowest BCUT2D eigenvalue weighted by molar-refractivity contribution is 0.631. The molecule has 0 saturated heterocycles. The molecule has 13 heavy (non-hydrogen) atoms. The van der Waals surface area contributed by atoms with Gasteiger partial charge in [0.25, 0.3) is 0 Å². The van der Waals surface area contributed by atoms with Crippen molar-refractivity contribution in [2.24, 2.45) is 11.7 Å². The first kappa shape index (κ1) is 8.76. The van der Waals surface area contributed by atoms with Gasteiger partial charge in [0.05, 0.1) is 0 Å². The molecule has 0 unspecified atom stereocenters. The van der Waals surface area contributed by atoms with Crippen molar-refractivity contribution in [1.82, 2.24) is 0 Å². The van der Waals surface area contributed by atoms with Crippen LogP contribution in [0, 0.1) is 12.8 Å². The normalized spacial score (nSPS) is 28.5. The van der Waals surface area contributed by atoms with Gasteiger partial charge in [-0.2, -0.15) is 0 Å². The van der Waals surface area contributed by atoms with Gasteiger partial charge in [-0.3, -0.25) is 0 Å². The maximum absolute atomic E-state index is 5.86. The zero-order valence-electron chi connectivity index (χ0n) is 8.33. The van der Waals surface area contributed by atoms with E-state index in [0.29, 0.717) is 6.04 Å². The minimum absolute atomic E-state index is 0.352. The first-order valence-corrected chi connectivity index (χ1v) is 5.00. The molecular formula is C12H17N. The van der Waals surface area contributed by atoms with Crippen LogP contribution in [-0.2, 0) is 0 Å². The number of rotatable bonds is 2. The lowest BCUT2D eigenvalue weighted by atomic mass is 10.0. The Balaban J connectivity index is 2.12. The second-order valence-electron chi connectivity index (χ2n) is 4.28. The maximum atomic E-state index is 5.86. The molecule has 0 spiro atoms. The molecule has 0 radical (unpaired) electrons. The van der Waals surface area contributed by atoms with E-state index in [9.17, 15) is 0 Å². The van der Waals surface area contributed by atoms with Crippen LogP contribution in [0.5, 0.6) is 0 Å². The van der Waals surface area contributed by atoms with Crippen molar-refractivity contribution in [1.29, 1.82) is 0 Å². The van der Waals surface area contributed by atoms with E-state index >= 15 is 0 Å². The van der Waals surface area contributed by atoms with Crippen molar-refractivity contribution in [3.8, 4) is 0 Å². The molecule has 1 saturated carbocycles. The largest absolute Gasteiger partial charge is 0.328 e. The quantitative estimate of drug-likeness (QED) is 0.734. The van der Waals surface area contributed by atoms with Crippen molar-refractivity contribution in [2.75, 3.05) is 0 Å². The Morgan fingerprint density at radius 1 is 1.46 bits per heavy atom. The average molecular weight is 175 g/mol. The third-order valence-corrected chi connectivity index (χ3v) is 2.99. The van der Waals surface area contributed by atoms with E-state index < -0.39 is 0 Å². The molecule has 1 aromatic rings. The Kier molecular flexibility index (Phi) is 2.12. The van der Waals surface area contributed by atoms with Gasteiger partial charge < -0.3 is 5.73 Å². The molecular weight excluding hydrogens is 158 g/mol. The molecule has 0 bridgehead atoms. The van der Waals surface area contributed by atoms with Gasteiger partial charge in [0.1, 0.15) is 0 Å². The van der Waals surface area contributed by atoms with Gasteiger partial charge in [0.15, 0.2) is 0 Å². The van der Waals surface area contributed by atoms with Gasteiger partial charge in [-0.25, -0.2) is 0 Å². The topological polar surface area (TPSA) is 26.0 Å². The molecule has 2 rings (SSSR count). The van der Waals surface area contributed by atoms with Crippen LogP contribution in [0.3, 0.4) is 0 Å². The van der Waals surface area contributed by atoms with Crippen molar-refractivity contribution < 1.29 is 0 Å². The number of benzene rings is 1. The van der Waals surface area contributed by atoms with E-state index in [1.54, 1.807) is 0 Å². The summed E-state index contributed by atoms with van der Waals surface area (Å²) in [5, 5.41) is 0. The zero-order valence-corrected chi connectivity index (χ0v) is 8.33. The van der Waals surface area contributed by atoms with Crippen LogP contribution >= 0.6 is 0 Å². The predicted molar refractivity (Wildman–Crippen MR) is 55.7 cm³/mol. The average Bonchev–Trinajstić information content (AvgIpc) is 2.82. The third kappa shape index (κ3) is 1.75. The molecule has 1 aliphatic carbocycles. The maximum Gasteiger partial charge on any atom is 0.00448 e. The summed E-state index contributed by atoms with van der Waals surface area (Å²) in [6, 6.07) is 9.15. The van der Waals surface area contributed by atoms with Crippen LogP contribution in [0.25, 0.3) is 0 Å². The first-order chi connectivity index (χ1) is 6.18. The van der Waals surface area contributed by atoms with E-state index in [1.165, 1.54) is 17.5 Å². The Bertz CT molecular complexity index is 304. The molecule has 0 aliphatic heterocycles. The summed E-state index contributed by atoms with van der Waals surface area (Å²) in [4.78, 5) is 0. The standard InChI is InChI=1S/C12H17N/c1-8-4-3-5-10(6-8)12-7-11(12)9(2)13/h3-6,9,11-12H,7,13H2,1-2H3/t9-,11-,12-/m0/s1. The van der Waals surface area contributed by atoms with Crippen molar-refractivity contribution in [2.45, 2.75) is 32.2 Å². The Hall–Kier alpha value is -0.820. The molecule has 1 fully saturated rings. The monoisotopic (exact) mass is 175 g/mol. The van der Waals surface area contributed by atoms with E-state index in [-0.39, 0.29) is 0 Å². The van der Waals surface area contributed by atoms with Gasteiger partial charge in [-0.15, -0.1) is 0 Å². The van der Waals surface area contributed by atoms with Crippen molar-refractivity contribution in [3.63, 3.8) is 0 Å². The van der Waals surface area contributed by atoms with Gasteiger partial charge in [-0.1, -0.05) is 29.8 Å². The predicted octanol–water partition coefficient (Wildman–Crippen LogP) is 2.45. The second-order valence-corrected chi connectivity index (χ2v) is 4.28. The van der Waals surface area contributed by atoms with Crippen LogP contribution in [-0.4, -0.2) is 6.04 Å². The van der Waals surface area contributed by atoms with Crippen LogP contribution in [0.4, 0.5) is 0 Å². The number of nitrogens with two attached hydrogens (primary N) is 1. The third-order valence-electron chi connectivity index (χ3n) is 2.99. The van der Waals surface area contributed by atoms with Gasteiger partial charge in [-0.05, 0) is 37.7 Å². The summed E-state index contributed by atoms with van der Waals surface area (Å²) in [7, 11) is 0. The lowest BCUT2D eigenvalue weighted by Crippen LogP contribution is -2.17. The molecule has 0 amide bonds. The highest BCUT2D eigenvalue weighted by Crippen LogP contribution is 2.48. The fourth-order valence-electron chi connectivity index (χ4n) is 2.08. The summed E-state index contributed by atoms with van der Waals surface area (Å²) in [6.07, 6.45) is 1.28. The summed E-state index contributed by atoms with van der Waals surface area (Å²) in [6.45, 7) is 4.26. The van der Waals surface area contributed by atoms with E-state index in [4.69, 9.17) is 5.73 Å². The summed E-state index contributed by atoms with van der Waals surface area (Å²) in [5.74, 6) is 1.46. The van der Waals surface area contributed by atoms with E-state index in [2.05, 4.69) is 38.1 Å². The lowest BCUT2D eigenvalue weighted by Gasteiger charge is -2.04. The summed E-state index contributed by atoms with van der Waals surface area (Å²) >= 11 is 0. The first-order valence-electron chi connectivity index (χ1n) is 5.00. The fourth-order valence-corrected chi connectivity index (χ4v) is 2.08. The SMILES string of the molecule is Cc1cccc([C@@H]2C[C@H]2[C@H](C)N)c1. The highest BCUT2D eigenvalue weighted by Gasteiger charge is 2.40. The molecule has 3 atom stereocenters. The summed E-state index contributed by atoms with van der Waals surface area (Å²) in [5.41, 5.74) is 8.69. The summed E-state index contributed by atoms with van der Waals surface area (Å²) < 4.78 is 0. The molecule has 0 aromatic heterocycles. The molecule has 2 N–H and O–H groups in total. The van der Waals surface area contributed by atoms with Gasteiger partial charge >= 0.3 is 0 Å². The Morgan fingerprint density at radius 2 is 2.23 bits per heavy atom. The minimum atomic E-state index is 0.352. The Labute approximate surface area is 80.0 Å². The second kappa shape index (κ2) is 3.15. The van der Waals surface area contributed by atoms with Crippen LogP contribution in [0.1, 0.15) is 30.4 Å². The van der Waals surface area contributed by atoms with Crippen LogP contribution in [0.2, 0.25) is 0 Å². The number of hydrogen-bond donors (Lipinski definition) is 1. The van der Waals surface area contributed by atoms with Crippen molar-refractivity contribution in [3.05, 3.63) is 35.4 Å². The molecule has 1 nitrogen and oxygen atoms in total. The number of aryl methyl sites for hydroxylation is 1. The zero-order chi connectivity index (χ0) is 9.42. The van der Waals surface area contributed by atoms with E-state index in [1.807, 2.05) is 0 Å².